The third-order valence-corrected chi connectivity index (χ3v) is 15.1. The van der Waals surface area contributed by atoms with E-state index in [1.54, 1.807) is 0 Å². The maximum absolute atomic E-state index is 12.9. The Hall–Kier alpha value is -2.37. The predicted octanol–water partition coefficient (Wildman–Crippen LogP) is 22.8. The first-order valence-electron chi connectivity index (χ1n) is 33.5. The fourth-order valence-corrected chi connectivity index (χ4v) is 10.1. The first-order chi connectivity index (χ1) is 37.0. The van der Waals surface area contributed by atoms with Crippen LogP contribution in [-0.4, -0.2) is 37.2 Å². The molecule has 0 aliphatic carbocycles. The minimum Gasteiger partial charge on any atom is -0.462 e. The molecule has 0 radical (unpaired) electrons. The molecule has 0 bridgehead atoms. The summed E-state index contributed by atoms with van der Waals surface area (Å²) < 4.78 is 17.0. The number of hydrogen-bond acceptors (Lipinski definition) is 6. The monoisotopic (exact) mass is 1050 g/mol. The standard InChI is InChI=1S/C69H128O6/c1-4-7-10-13-16-19-22-25-28-31-33-35-37-38-41-44-47-50-53-56-59-62-68(71)74-65-66(64-73-67(70)61-58-55-52-49-46-43-40-30-27-24-21-18-15-12-9-6-3)75-69(72)63-60-57-54-51-48-45-42-39-36-34-32-29-26-23-20-17-14-11-8-5-2/h21,24,30-31,33,40,66H,4-20,22-23,25-29,32,34-39,41-65H2,1-3H3/b24-21-,33-31-,40-30-. The molecule has 0 saturated heterocycles. The van der Waals surface area contributed by atoms with Gasteiger partial charge in [-0.2, -0.15) is 0 Å². The van der Waals surface area contributed by atoms with E-state index in [-0.39, 0.29) is 31.1 Å². The second kappa shape index (κ2) is 64.2. The van der Waals surface area contributed by atoms with Gasteiger partial charge in [-0.05, 0) is 77.0 Å². The molecule has 6 heteroatoms. The molecule has 440 valence electrons. The van der Waals surface area contributed by atoms with Crippen molar-refractivity contribution in [3.63, 3.8) is 0 Å². The second-order valence-electron chi connectivity index (χ2n) is 22.7. The van der Waals surface area contributed by atoms with Crippen molar-refractivity contribution in [2.45, 2.75) is 374 Å². The van der Waals surface area contributed by atoms with Crippen molar-refractivity contribution >= 4 is 17.9 Å². The van der Waals surface area contributed by atoms with E-state index in [1.165, 1.54) is 250 Å². The van der Waals surface area contributed by atoms with Gasteiger partial charge >= 0.3 is 17.9 Å². The second-order valence-corrected chi connectivity index (χ2v) is 22.7. The number of unbranched alkanes of at least 4 members (excludes halogenated alkanes) is 45. The molecule has 75 heavy (non-hydrogen) atoms. The largest absolute Gasteiger partial charge is 0.462 e. The van der Waals surface area contributed by atoms with Gasteiger partial charge < -0.3 is 14.2 Å². The van der Waals surface area contributed by atoms with Gasteiger partial charge in [0, 0.05) is 19.3 Å². The molecular formula is C69H128O6. The van der Waals surface area contributed by atoms with Gasteiger partial charge in [-0.3, -0.25) is 14.4 Å². The highest BCUT2D eigenvalue weighted by Gasteiger charge is 2.19. The smallest absolute Gasteiger partial charge is 0.306 e. The Balaban J connectivity index is 4.33. The van der Waals surface area contributed by atoms with E-state index in [1.807, 2.05) is 0 Å². The molecular weight excluding hydrogens is 925 g/mol. The summed E-state index contributed by atoms with van der Waals surface area (Å²) in [5.74, 6) is -0.863. The van der Waals surface area contributed by atoms with Crippen molar-refractivity contribution < 1.29 is 28.6 Å². The van der Waals surface area contributed by atoms with Crippen molar-refractivity contribution in [1.29, 1.82) is 0 Å². The Labute approximate surface area is 467 Å². The summed E-state index contributed by atoms with van der Waals surface area (Å²) in [6, 6.07) is 0. The third-order valence-electron chi connectivity index (χ3n) is 15.1. The fourth-order valence-electron chi connectivity index (χ4n) is 10.1. The molecule has 0 saturated carbocycles. The predicted molar refractivity (Wildman–Crippen MR) is 326 cm³/mol. The maximum Gasteiger partial charge on any atom is 0.306 e. The van der Waals surface area contributed by atoms with Crippen molar-refractivity contribution in [3.05, 3.63) is 36.5 Å². The Morgan fingerprint density at radius 3 is 0.760 bits per heavy atom. The summed E-state index contributed by atoms with van der Waals surface area (Å²) in [7, 11) is 0. The molecule has 6 nitrogen and oxygen atoms in total. The molecule has 0 fully saturated rings. The summed E-state index contributed by atoms with van der Waals surface area (Å²) >= 11 is 0. The van der Waals surface area contributed by atoms with Crippen LogP contribution in [0.1, 0.15) is 367 Å². The summed E-state index contributed by atoms with van der Waals surface area (Å²) in [5, 5.41) is 0. The van der Waals surface area contributed by atoms with E-state index in [2.05, 4.69) is 57.2 Å². The van der Waals surface area contributed by atoms with Crippen LogP contribution in [0, 0.1) is 0 Å². The molecule has 0 N–H and O–H groups in total. The number of allylic oxidation sites excluding steroid dienone is 6. The van der Waals surface area contributed by atoms with Crippen molar-refractivity contribution in [1.82, 2.24) is 0 Å². The van der Waals surface area contributed by atoms with Crippen molar-refractivity contribution in [3.8, 4) is 0 Å². The zero-order valence-corrected chi connectivity index (χ0v) is 50.6. The third kappa shape index (κ3) is 62.4. The number of carbonyl (C=O) groups excluding carboxylic acids is 3. The first-order valence-corrected chi connectivity index (χ1v) is 33.5. The molecule has 1 atom stereocenters. The molecule has 0 heterocycles. The Bertz CT molecular complexity index is 1250. The highest BCUT2D eigenvalue weighted by atomic mass is 16.6. The van der Waals surface area contributed by atoms with Crippen LogP contribution in [-0.2, 0) is 28.6 Å². The first kappa shape index (κ1) is 72.6. The zero-order chi connectivity index (χ0) is 54.3. The van der Waals surface area contributed by atoms with E-state index < -0.39 is 6.10 Å². The van der Waals surface area contributed by atoms with E-state index >= 15 is 0 Å². The Kier molecular flexibility index (Phi) is 62.1. The fraction of sp³-hybridized carbons (Fsp3) is 0.870. The van der Waals surface area contributed by atoms with E-state index in [4.69, 9.17) is 14.2 Å². The molecule has 0 aliphatic rings. The van der Waals surface area contributed by atoms with Gasteiger partial charge in [0.2, 0.25) is 0 Å². The van der Waals surface area contributed by atoms with Gasteiger partial charge in [0.15, 0.2) is 6.10 Å². The highest BCUT2D eigenvalue weighted by molar-refractivity contribution is 5.71. The minimum absolute atomic E-state index is 0.0735. The SMILES string of the molecule is CCCCCC/C=C\C/C=C\CCCCCCCC(=O)OCC(COC(=O)CCCCCCCCCCC/C=C\CCCCCCCCCC)OC(=O)CCCCCCCCCCCCCCCCCCCCCC. The lowest BCUT2D eigenvalue weighted by molar-refractivity contribution is -0.167. The van der Waals surface area contributed by atoms with Crippen molar-refractivity contribution in [2.24, 2.45) is 0 Å². The van der Waals surface area contributed by atoms with Gasteiger partial charge in [0.05, 0.1) is 0 Å². The van der Waals surface area contributed by atoms with E-state index in [0.717, 1.165) is 77.0 Å². The highest BCUT2D eigenvalue weighted by Crippen LogP contribution is 2.18. The average molecular weight is 1050 g/mol. The molecule has 0 aromatic carbocycles. The van der Waals surface area contributed by atoms with E-state index in [9.17, 15) is 14.4 Å². The molecule has 0 rings (SSSR count). The summed E-state index contributed by atoms with van der Waals surface area (Å²) in [4.78, 5) is 38.4. The number of hydrogen-bond donors (Lipinski definition) is 0. The Morgan fingerprint density at radius 2 is 0.480 bits per heavy atom. The summed E-state index contributed by atoms with van der Waals surface area (Å²) in [6.07, 6.45) is 78.7. The van der Waals surface area contributed by atoms with Crippen LogP contribution in [0.3, 0.4) is 0 Å². The van der Waals surface area contributed by atoms with Crippen LogP contribution in [0.15, 0.2) is 36.5 Å². The lowest BCUT2D eigenvalue weighted by Gasteiger charge is -2.18. The molecule has 0 aromatic rings. The minimum atomic E-state index is -0.777. The summed E-state index contributed by atoms with van der Waals surface area (Å²) in [6.45, 7) is 6.68. The lowest BCUT2D eigenvalue weighted by atomic mass is 10.0. The number of carbonyl (C=O) groups is 3. The van der Waals surface area contributed by atoms with Gasteiger partial charge in [-0.25, -0.2) is 0 Å². The number of ether oxygens (including phenoxy) is 3. The van der Waals surface area contributed by atoms with Crippen molar-refractivity contribution in [2.75, 3.05) is 13.2 Å². The van der Waals surface area contributed by atoms with Crippen LogP contribution in [0.25, 0.3) is 0 Å². The van der Waals surface area contributed by atoms with Crippen LogP contribution < -0.4 is 0 Å². The Morgan fingerprint density at radius 1 is 0.267 bits per heavy atom. The van der Waals surface area contributed by atoms with Gasteiger partial charge in [0.1, 0.15) is 13.2 Å². The van der Waals surface area contributed by atoms with Crippen LogP contribution in [0.2, 0.25) is 0 Å². The van der Waals surface area contributed by atoms with Crippen LogP contribution in [0.4, 0.5) is 0 Å². The van der Waals surface area contributed by atoms with Gasteiger partial charge in [-0.1, -0.05) is 308 Å². The molecule has 1 unspecified atom stereocenters. The molecule has 0 spiro atoms. The van der Waals surface area contributed by atoms with Gasteiger partial charge in [0.25, 0.3) is 0 Å². The topological polar surface area (TPSA) is 78.9 Å². The van der Waals surface area contributed by atoms with Crippen LogP contribution in [0.5, 0.6) is 0 Å². The summed E-state index contributed by atoms with van der Waals surface area (Å²) in [5.41, 5.74) is 0. The quantitative estimate of drug-likeness (QED) is 0.0261. The number of rotatable bonds is 62. The molecule has 0 aliphatic heterocycles. The van der Waals surface area contributed by atoms with E-state index in [0.29, 0.717) is 19.3 Å². The molecule has 0 amide bonds. The number of esters is 3. The van der Waals surface area contributed by atoms with Gasteiger partial charge in [-0.15, -0.1) is 0 Å². The average Bonchev–Trinajstić information content (AvgIpc) is 3.41. The van der Waals surface area contributed by atoms with Crippen LogP contribution >= 0.6 is 0 Å². The normalized spacial score (nSPS) is 12.2. The lowest BCUT2D eigenvalue weighted by Crippen LogP contribution is -2.30. The maximum atomic E-state index is 12.9. The zero-order valence-electron chi connectivity index (χ0n) is 50.6. The molecule has 0 aromatic heterocycles.